The molecule has 114 valence electrons. The highest BCUT2D eigenvalue weighted by molar-refractivity contribution is 5.27. The SMILES string of the molecule is CC(CNCc1ccc(OC(F)F)cc1)Cn1ccnc1. The number of benzene rings is 1. The lowest BCUT2D eigenvalue weighted by molar-refractivity contribution is -0.0498. The Bertz CT molecular complexity index is 514. The number of nitrogens with zero attached hydrogens (tertiary/aromatic N) is 2. The first kappa shape index (κ1) is 15.4. The van der Waals surface area contributed by atoms with Gasteiger partial charge in [0.05, 0.1) is 6.33 Å². The summed E-state index contributed by atoms with van der Waals surface area (Å²) in [5.41, 5.74) is 1.03. The Morgan fingerprint density at radius 3 is 2.67 bits per heavy atom. The molecule has 0 bridgehead atoms. The summed E-state index contributed by atoms with van der Waals surface area (Å²) in [6.45, 7) is 1.86. The zero-order valence-corrected chi connectivity index (χ0v) is 11.9. The minimum atomic E-state index is -2.78. The van der Waals surface area contributed by atoms with E-state index in [1.807, 2.05) is 10.8 Å². The number of ether oxygens (including phenoxy) is 1. The largest absolute Gasteiger partial charge is 0.435 e. The van der Waals surface area contributed by atoms with Gasteiger partial charge in [-0.2, -0.15) is 8.78 Å². The lowest BCUT2D eigenvalue weighted by Crippen LogP contribution is -2.23. The Balaban J connectivity index is 1.70. The van der Waals surface area contributed by atoms with E-state index in [1.165, 1.54) is 0 Å². The van der Waals surface area contributed by atoms with E-state index >= 15 is 0 Å². The maximum Gasteiger partial charge on any atom is 0.387 e. The smallest absolute Gasteiger partial charge is 0.387 e. The van der Waals surface area contributed by atoms with Crippen molar-refractivity contribution < 1.29 is 13.5 Å². The maximum absolute atomic E-state index is 12.0. The number of halogens is 2. The molecule has 1 N–H and O–H groups in total. The highest BCUT2D eigenvalue weighted by Gasteiger charge is 2.05. The molecule has 0 aliphatic carbocycles. The lowest BCUT2D eigenvalue weighted by Gasteiger charge is -2.13. The molecule has 0 saturated carbocycles. The van der Waals surface area contributed by atoms with Crippen molar-refractivity contribution >= 4 is 0 Å². The topological polar surface area (TPSA) is 39.1 Å². The van der Waals surface area contributed by atoms with Gasteiger partial charge in [0.25, 0.3) is 0 Å². The molecule has 1 unspecified atom stereocenters. The summed E-state index contributed by atoms with van der Waals surface area (Å²) in [4.78, 5) is 4.01. The predicted octanol–water partition coefficient (Wildman–Crippen LogP) is 2.91. The molecule has 0 aliphatic rings. The number of hydrogen-bond donors (Lipinski definition) is 1. The fourth-order valence-corrected chi connectivity index (χ4v) is 2.07. The molecule has 1 aromatic heterocycles. The van der Waals surface area contributed by atoms with E-state index in [4.69, 9.17) is 0 Å². The van der Waals surface area contributed by atoms with E-state index in [1.54, 1.807) is 36.8 Å². The molecule has 1 heterocycles. The second kappa shape index (κ2) is 7.73. The van der Waals surface area contributed by atoms with Crippen molar-refractivity contribution in [3.05, 3.63) is 48.5 Å². The van der Waals surface area contributed by atoms with Gasteiger partial charge in [-0.25, -0.2) is 4.98 Å². The summed E-state index contributed by atoms with van der Waals surface area (Å²) in [6, 6.07) is 6.67. The molecule has 6 heteroatoms. The highest BCUT2D eigenvalue weighted by Crippen LogP contribution is 2.14. The van der Waals surface area contributed by atoms with Crippen LogP contribution >= 0.6 is 0 Å². The van der Waals surface area contributed by atoms with Gasteiger partial charge in [0.2, 0.25) is 0 Å². The lowest BCUT2D eigenvalue weighted by atomic mass is 10.1. The fraction of sp³-hybridized carbons (Fsp3) is 0.400. The van der Waals surface area contributed by atoms with Gasteiger partial charge in [-0.05, 0) is 30.2 Å². The molecule has 1 aromatic carbocycles. The summed E-state index contributed by atoms with van der Waals surface area (Å²) in [6.07, 6.45) is 5.51. The van der Waals surface area contributed by atoms with E-state index in [9.17, 15) is 8.78 Å². The Labute approximate surface area is 122 Å². The monoisotopic (exact) mass is 295 g/mol. The Morgan fingerprint density at radius 2 is 2.05 bits per heavy atom. The molecule has 0 spiro atoms. The van der Waals surface area contributed by atoms with Crippen molar-refractivity contribution in [2.75, 3.05) is 6.54 Å². The van der Waals surface area contributed by atoms with Crippen LogP contribution in [0.15, 0.2) is 43.0 Å². The first-order valence-electron chi connectivity index (χ1n) is 6.83. The van der Waals surface area contributed by atoms with Crippen LogP contribution in [0, 0.1) is 5.92 Å². The number of hydrogen-bond acceptors (Lipinski definition) is 3. The van der Waals surface area contributed by atoms with Crippen LogP contribution in [0.1, 0.15) is 12.5 Å². The van der Waals surface area contributed by atoms with Gasteiger partial charge in [0.15, 0.2) is 0 Å². The number of nitrogens with one attached hydrogen (secondary N) is 1. The second-order valence-electron chi connectivity index (χ2n) is 5.02. The van der Waals surface area contributed by atoms with Crippen LogP contribution in [0.4, 0.5) is 8.78 Å². The van der Waals surface area contributed by atoms with E-state index in [-0.39, 0.29) is 5.75 Å². The van der Waals surface area contributed by atoms with Gasteiger partial charge in [-0.15, -0.1) is 0 Å². The van der Waals surface area contributed by atoms with Crippen molar-refractivity contribution in [1.29, 1.82) is 0 Å². The molecule has 0 aliphatic heterocycles. The van der Waals surface area contributed by atoms with Crippen LogP contribution < -0.4 is 10.1 Å². The molecule has 1 atom stereocenters. The molecular weight excluding hydrogens is 276 g/mol. The third kappa shape index (κ3) is 5.51. The molecule has 2 aromatic rings. The van der Waals surface area contributed by atoms with Crippen molar-refractivity contribution in [2.24, 2.45) is 5.92 Å². The van der Waals surface area contributed by atoms with E-state index < -0.39 is 6.61 Å². The van der Waals surface area contributed by atoms with E-state index in [2.05, 4.69) is 22.0 Å². The van der Waals surface area contributed by atoms with Gasteiger partial charge in [-0.3, -0.25) is 0 Å². The van der Waals surface area contributed by atoms with Crippen molar-refractivity contribution in [2.45, 2.75) is 26.6 Å². The van der Waals surface area contributed by atoms with Crippen LogP contribution in [0.3, 0.4) is 0 Å². The minimum Gasteiger partial charge on any atom is -0.435 e. The average Bonchev–Trinajstić information content (AvgIpc) is 2.93. The first-order chi connectivity index (χ1) is 10.1. The normalized spacial score (nSPS) is 12.6. The maximum atomic E-state index is 12.0. The Morgan fingerprint density at radius 1 is 1.29 bits per heavy atom. The second-order valence-corrected chi connectivity index (χ2v) is 5.02. The van der Waals surface area contributed by atoms with Gasteiger partial charge in [-0.1, -0.05) is 19.1 Å². The van der Waals surface area contributed by atoms with Crippen LogP contribution in [0.25, 0.3) is 0 Å². The molecule has 0 amide bonds. The average molecular weight is 295 g/mol. The zero-order chi connectivity index (χ0) is 15.1. The van der Waals surface area contributed by atoms with E-state index in [0.29, 0.717) is 12.5 Å². The molecule has 21 heavy (non-hydrogen) atoms. The Hall–Kier alpha value is -1.95. The summed E-state index contributed by atoms with van der Waals surface area (Å²) < 4.78 is 30.4. The first-order valence-corrected chi connectivity index (χ1v) is 6.83. The standard InChI is InChI=1S/C15H19F2N3O/c1-12(10-20-7-6-18-11-20)8-19-9-13-2-4-14(5-3-13)21-15(16)17/h2-7,11-12,15,19H,8-10H2,1H3. The van der Waals surface area contributed by atoms with Crippen LogP contribution in [-0.2, 0) is 13.1 Å². The summed E-state index contributed by atoms with van der Waals surface area (Å²) in [7, 11) is 0. The van der Waals surface area contributed by atoms with E-state index in [0.717, 1.165) is 18.7 Å². The number of imidazole rings is 1. The number of aromatic nitrogens is 2. The Kier molecular flexibility index (Phi) is 5.68. The quantitative estimate of drug-likeness (QED) is 0.814. The van der Waals surface area contributed by atoms with Crippen molar-refractivity contribution in [1.82, 2.24) is 14.9 Å². The third-order valence-corrected chi connectivity index (χ3v) is 3.05. The molecule has 4 nitrogen and oxygen atoms in total. The van der Waals surface area contributed by atoms with Gasteiger partial charge >= 0.3 is 6.61 Å². The highest BCUT2D eigenvalue weighted by atomic mass is 19.3. The van der Waals surface area contributed by atoms with Crippen molar-refractivity contribution in [3.8, 4) is 5.75 Å². The van der Waals surface area contributed by atoms with Crippen LogP contribution in [0.5, 0.6) is 5.75 Å². The van der Waals surface area contributed by atoms with Gasteiger partial charge in [0, 0.05) is 25.5 Å². The molecule has 0 radical (unpaired) electrons. The van der Waals surface area contributed by atoms with Gasteiger partial charge < -0.3 is 14.6 Å². The van der Waals surface area contributed by atoms with Crippen LogP contribution in [-0.4, -0.2) is 22.7 Å². The minimum absolute atomic E-state index is 0.183. The molecular formula is C15H19F2N3O. The summed E-state index contributed by atoms with van der Waals surface area (Å²) in [5, 5.41) is 3.35. The van der Waals surface area contributed by atoms with Crippen LogP contribution in [0.2, 0.25) is 0 Å². The predicted molar refractivity (Wildman–Crippen MR) is 76.2 cm³/mol. The van der Waals surface area contributed by atoms with Gasteiger partial charge in [0.1, 0.15) is 5.75 Å². The fourth-order valence-electron chi connectivity index (χ4n) is 2.07. The molecule has 0 saturated heterocycles. The number of rotatable bonds is 8. The molecule has 0 fully saturated rings. The number of alkyl halides is 2. The summed E-state index contributed by atoms with van der Waals surface area (Å²) >= 11 is 0. The third-order valence-electron chi connectivity index (χ3n) is 3.05. The zero-order valence-electron chi connectivity index (χ0n) is 11.9. The summed E-state index contributed by atoms with van der Waals surface area (Å²) in [5.74, 6) is 0.655. The molecule has 2 rings (SSSR count). The van der Waals surface area contributed by atoms with Crippen molar-refractivity contribution in [3.63, 3.8) is 0 Å².